The molecular weight excluding hydrogens is 442 g/mol. The van der Waals surface area contributed by atoms with E-state index in [4.69, 9.17) is 13.6 Å². The van der Waals surface area contributed by atoms with Gasteiger partial charge in [0.1, 0.15) is 11.4 Å². The maximum Gasteiger partial charge on any atom is 0.338 e. The number of hydrogen-bond acceptors (Lipinski definition) is 7. The lowest BCUT2D eigenvalue weighted by Crippen LogP contribution is -2.24. The zero-order chi connectivity index (χ0) is 23.2. The fraction of sp³-hybridized carbons (Fsp3) is 0.208. The topological polar surface area (TPSA) is 110 Å². The van der Waals surface area contributed by atoms with Gasteiger partial charge in [0.05, 0.1) is 29.9 Å². The third kappa shape index (κ3) is 5.20. The number of carbonyl (C=O) groups excluding carboxylic acids is 2. The second-order valence-electron chi connectivity index (χ2n) is 7.02. The zero-order valence-corrected chi connectivity index (χ0v) is 19.0. The average Bonchev–Trinajstić information content (AvgIpc) is 3.59. The largest absolute Gasteiger partial charge is 0.463 e. The van der Waals surface area contributed by atoms with Crippen molar-refractivity contribution in [3.05, 3.63) is 66.6 Å². The van der Waals surface area contributed by atoms with Crippen LogP contribution in [0.2, 0.25) is 0 Å². The van der Waals surface area contributed by atoms with Crippen molar-refractivity contribution >= 4 is 29.3 Å². The molecule has 1 aromatic carbocycles. The number of imidazole rings is 1. The fourth-order valence-electron chi connectivity index (χ4n) is 3.18. The minimum atomic E-state index is -0.394. The molecule has 0 fully saturated rings. The highest BCUT2D eigenvalue weighted by molar-refractivity contribution is 8.00. The minimum Gasteiger partial charge on any atom is -0.463 e. The first-order valence-corrected chi connectivity index (χ1v) is 11.4. The van der Waals surface area contributed by atoms with Crippen LogP contribution in [-0.2, 0) is 9.53 Å². The van der Waals surface area contributed by atoms with E-state index in [1.807, 2.05) is 19.1 Å². The predicted molar refractivity (Wildman–Crippen MR) is 125 cm³/mol. The summed E-state index contributed by atoms with van der Waals surface area (Å²) in [6, 6.07) is 13.8. The smallest absolute Gasteiger partial charge is 0.338 e. The second kappa shape index (κ2) is 10.3. The van der Waals surface area contributed by atoms with Gasteiger partial charge in [0.2, 0.25) is 5.91 Å². The Morgan fingerprint density at radius 2 is 1.76 bits per heavy atom. The lowest BCUT2D eigenvalue weighted by atomic mass is 10.2. The van der Waals surface area contributed by atoms with E-state index in [-0.39, 0.29) is 5.91 Å². The van der Waals surface area contributed by atoms with E-state index in [1.165, 1.54) is 11.8 Å². The summed E-state index contributed by atoms with van der Waals surface area (Å²) in [5.74, 6) is 0.667. The van der Waals surface area contributed by atoms with Gasteiger partial charge in [-0.15, -0.1) is 0 Å². The molecule has 3 heterocycles. The van der Waals surface area contributed by atoms with E-state index >= 15 is 0 Å². The van der Waals surface area contributed by atoms with E-state index < -0.39 is 11.2 Å². The van der Waals surface area contributed by atoms with Crippen molar-refractivity contribution in [3.63, 3.8) is 0 Å². The number of benzene rings is 1. The molecule has 1 amide bonds. The molecule has 0 aliphatic rings. The molecule has 9 heteroatoms. The van der Waals surface area contributed by atoms with Gasteiger partial charge in [-0.2, -0.15) is 0 Å². The lowest BCUT2D eigenvalue weighted by molar-refractivity contribution is -0.115. The Balaban J connectivity index is 1.49. The van der Waals surface area contributed by atoms with Crippen LogP contribution in [0.1, 0.15) is 30.6 Å². The molecule has 0 bridgehead atoms. The number of furan rings is 2. The molecule has 8 nitrogen and oxygen atoms in total. The van der Waals surface area contributed by atoms with E-state index in [9.17, 15) is 9.59 Å². The molecule has 0 radical (unpaired) electrons. The SMILES string of the molecule is CCOC(=O)c1ccc(NC(=O)C(CC)Sc2nc(-c3ccco3)c(-c3ccco3)[nH]2)cc1. The van der Waals surface area contributed by atoms with Crippen molar-refractivity contribution in [2.24, 2.45) is 0 Å². The number of nitrogens with one attached hydrogen (secondary N) is 2. The Hall–Kier alpha value is -3.72. The standard InChI is InChI=1S/C24H23N3O5S/c1-3-19(22(28)25-16-11-9-15(10-12-16)23(29)30-4-2)33-24-26-20(17-7-5-13-31-17)21(27-24)18-8-6-14-32-18/h5-14,19H,3-4H2,1-2H3,(H,25,28)(H,26,27). The number of aromatic nitrogens is 2. The van der Waals surface area contributed by atoms with Crippen LogP contribution in [0.3, 0.4) is 0 Å². The third-order valence-corrected chi connectivity index (χ3v) is 6.03. The number of anilines is 1. The van der Waals surface area contributed by atoms with E-state index in [0.29, 0.717) is 52.3 Å². The van der Waals surface area contributed by atoms with Crippen LogP contribution in [0.25, 0.3) is 22.9 Å². The van der Waals surface area contributed by atoms with Gasteiger partial charge in [-0.25, -0.2) is 9.78 Å². The Labute approximate surface area is 194 Å². The van der Waals surface area contributed by atoms with E-state index in [0.717, 1.165) is 0 Å². The molecule has 33 heavy (non-hydrogen) atoms. The third-order valence-electron chi connectivity index (χ3n) is 4.78. The molecular formula is C24H23N3O5S. The Morgan fingerprint density at radius 1 is 1.06 bits per heavy atom. The number of hydrogen-bond donors (Lipinski definition) is 2. The molecule has 4 aromatic rings. The van der Waals surface area contributed by atoms with Crippen molar-refractivity contribution in [2.75, 3.05) is 11.9 Å². The highest BCUT2D eigenvalue weighted by Crippen LogP contribution is 2.35. The molecule has 0 aliphatic carbocycles. The number of rotatable bonds is 9. The molecule has 2 N–H and O–H groups in total. The van der Waals surface area contributed by atoms with Crippen molar-refractivity contribution in [1.29, 1.82) is 0 Å². The van der Waals surface area contributed by atoms with E-state index in [2.05, 4.69) is 15.3 Å². The number of H-pyrrole nitrogens is 1. The molecule has 0 spiro atoms. The normalized spacial score (nSPS) is 11.8. The molecule has 1 atom stereocenters. The molecule has 170 valence electrons. The summed E-state index contributed by atoms with van der Waals surface area (Å²) in [7, 11) is 0. The zero-order valence-electron chi connectivity index (χ0n) is 18.2. The number of aromatic amines is 1. The molecule has 3 aromatic heterocycles. The number of carbonyl (C=O) groups is 2. The average molecular weight is 466 g/mol. The van der Waals surface area contributed by atoms with Gasteiger partial charge in [0.25, 0.3) is 0 Å². The maximum absolute atomic E-state index is 12.9. The first kappa shape index (κ1) is 22.5. The van der Waals surface area contributed by atoms with Crippen LogP contribution in [0, 0.1) is 0 Å². The fourth-order valence-corrected chi connectivity index (χ4v) is 4.09. The van der Waals surface area contributed by atoms with Crippen LogP contribution in [0.15, 0.2) is 75.0 Å². The second-order valence-corrected chi connectivity index (χ2v) is 8.21. The van der Waals surface area contributed by atoms with Gasteiger partial charge >= 0.3 is 5.97 Å². The molecule has 1 unspecified atom stereocenters. The predicted octanol–water partition coefficient (Wildman–Crippen LogP) is 5.62. The van der Waals surface area contributed by atoms with Gasteiger partial charge in [-0.3, -0.25) is 4.79 Å². The number of amides is 1. The number of ether oxygens (including phenoxy) is 1. The maximum atomic E-state index is 12.9. The van der Waals surface area contributed by atoms with Crippen LogP contribution >= 0.6 is 11.8 Å². The van der Waals surface area contributed by atoms with Crippen LogP contribution in [-0.4, -0.2) is 33.7 Å². The molecule has 4 rings (SSSR count). The summed E-state index contributed by atoms with van der Waals surface area (Å²) < 4.78 is 16.0. The Morgan fingerprint density at radius 3 is 2.36 bits per heavy atom. The van der Waals surface area contributed by atoms with Crippen molar-refractivity contribution in [3.8, 4) is 22.9 Å². The van der Waals surface area contributed by atoms with E-state index in [1.54, 1.807) is 55.8 Å². The number of esters is 1. The van der Waals surface area contributed by atoms with Crippen LogP contribution in [0.4, 0.5) is 5.69 Å². The first-order chi connectivity index (χ1) is 16.1. The minimum absolute atomic E-state index is 0.165. The first-order valence-electron chi connectivity index (χ1n) is 10.5. The van der Waals surface area contributed by atoms with Gasteiger partial charge in [-0.05, 0) is 61.9 Å². The number of nitrogens with zero attached hydrogens (tertiary/aromatic N) is 1. The van der Waals surface area contributed by atoms with Crippen molar-refractivity contribution < 1.29 is 23.2 Å². The summed E-state index contributed by atoms with van der Waals surface area (Å²) in [6.45, 7) is 4.00. The molecule has 0 aliphatic heterocycles. The van der Waals surface area contributed by atoms with Crippen LogP contribution < -0.4 is 5.32 Å². The summed E-state index contributed by atoms with van der Waals surface area (Å²) >= 11 is 1.32. The van der Waals surface area contributed by atoms with Gasteiger partial charge < -0.3 is 23.9 Å². The highest BCUT2D eigenvalue weighted by Gasteiger charge is 2.24. The van der Waals surface area contributed by atoms with Crippen molar-refractivity contribution in [1.82, 2.24) is 9.97 Å². The summed E-state index contributed by atoms with van der Waals surface area (Å²) in [5.41, 5.74) is 2.33. The Bertz CT molecular complexity index is 1150. The lowest BCUT2D eigenvalue weighted by Gasteiger charge is -2.13. The summed E-state index contributed by atoms with van der Waals surface area (Å²) in [4.78, 5) is 32.6. The molecule has 0 saturated heterocycles. The van der Waals surface area contributed by atoms with Gasteiger partial charge in [0, 0.05) is 5.69 Å². The van der Waals surface area contributed by atoms with Crippen LogP contribution in [0.5, 0.6) is 0 Å². The van der Waals surface area contributed by atoms with Crippen molar-refractivity contribution in [2.45, 2.75) is 30.7 Å². The summed E-state index contributed by atoms with van der Waals surface area (Å²) in [6.07, 6.45) is 3.76. The monoisotopic (exact) mass is 465 g/mol. The van der Waals surface area contributed by atoms with Gasteiger partial charge in [0.15, 0.2) is 16.7 Å². The summed E-state index contributed by atoms with van der Waals surface area (Å²) in [5, 5.41) is 3.08. The number of thioether (sulfide) groups is 1. The Kier molecular flexibility index (Phi) is 6.99. The molecule has 0 saturated carbocycles. The highest BCUT2D eigenvalue weighted by atomic mass is 32.2. The van der Waals surface area contributed by atoms with Gasteiger partial charge in [-0.1, -0.05) is 18.7 Å². The quantitative estimate of drug-likeness (QED) is 0.244.